The maximum Gasteiger partial charge on any atom is 0.236 e. The van der Waals surface area contributed by atoms with Gasteiger partial charge in [0.15, 0.2) is 0 Å². The molecule has 2 aromatic carbocycles. The molecule has 1 aliphatic heterocycles. The molecule has 0 spiro atoms. The number of fused-ring (bicyclic) bond motifs is 1. The number of aryl methyl sites for hydroxylation is 2. The predicted octanol–water partition coefficient (Wildman–Crippen LogP) is 3.28. The van der Waals surface area contributed by atoms with Gasteiger partial charge in [-0.15, -0.1) is 0 Å². The number of rotatable bonds is 6. The number of allylic oxidation sites excluding steroid dienone is 1. The van der Waals surface area contributed by atoms with Crippen LogP contribution < -0.4 is 4.72 Å². The van der Waals surface area contributed by atoms with E-state index in [0.29, 0.717) is 31.1 Å². The first-order valence-electron chi connectivity index (χ1n) is 10.2. The number of benzene rings is 2. The second-order valence-corrected chi connectivity index (χ2v) is 9.56. The molecule has 154 valence electrons. The first-order chi connectivity index (χ1) is 14.0. The van der Waals surface area contributed by atoms with Gasteiger partial charge in [0.2, 0.25) is 10.0 Å². The maximum absolute atomic E-state index is 13.1. The van der Waals surface area contributed by atoms with Crippen LogP contribution in [0.15, 0.2) is 53.4 Å². The minimum atomic E-state index is -3.52. The number of ether oxygens (including phenoxy) is 1. The summed E-state index contributed by atoms with van der Waals surface area (Å²) in [6.45, 7) is 5.37. The van der Waals surface area contributed by atoms with Crippen molar-refractivity contribution in [2.75, 3.05) is 32.8 Å². The average molecular weight is 413 g/mol. The number of sulfonamides is 1. The Morgan fingerprint density at radius 2 is 1.86 bits per heavy atom. The monoisotopic (exact) mass is 412 g/mol. The molecular formula is C23H28N2O3S. The zero-order valence-corrected chi connectivity index (χ0v) is 17.6. The van der Waals surface area contributed by atoms with Crippen LogP contribution in [0.5, 0.6) is 0 Å². The molecule has 0 saturated carbocycles. The second kappa shape index (κ2) is 8.79. The number of morpholine rings is 1. The van der Waals surface area contributed by atoms with Gasteiger partial charge >= 0.3 is 0 Å². The number of nitrogens with one attached hydrogen (secondary N) is 1. The SMILES string of the molecule is Cc1cccc(C(CNS(=O)(=O)C2=Cc3ccccc3CC2)N2CCOCC2)c1. The topological polar surface area (TPSA) is 58.6 Å². The summed E-state index contributed by atoms with van der Waals surface area (Å²) in [5.74, 6) is 0. The lowest BCUT2D eigenvalue weighted by Crippen LogP contribution is -2.44. The fraction of sp³-hybridized carbons (Fsp3) is 0.391. The van der Waals surface area contributed by atoms with E-state index in [1.807, 2.05) is 30.3 Å². The van der Waals surface area contributed by atoms with Crippen molar-refractivity contribution in [1.82, 2.24) is 9.62 Å². The van der Waals surface area contributed by atoms with Crippen molar-refractivity contribution >= 4 is 16.1 Å². The van der Waals surface area contributed by atoms with Gasteiger partial charge in [0.1, 0.15) is 0 Å². The quantitative estimate of drug-likeness (QED) is 0.791. The van der Waals surface area contributed by atoms with Gasteiger partial charge in [-0.3, -0.25) is 4.90 Å². The van der Waals surface area contributed by atoms with Crippen LogP contribution in [0, 0.1) is 6.92 Å². The summed E-state index contributed by atoms with van der Waals surface area (Å²) >= 11 is 0. The summed E-state index contributed by atoms with van der Waals surface area (Å²) in [6, 6.07) is 16.3. The van der Waals surface area contributed by atoms with E-state index in [0.717, 1.165) is 30.6 Å². The maximum atomic E-state index is 13.1. The summed E-state index contributed by atoms with van der Waals surface area (Å²) in [4.78, 5) is 2.78. The van der Waals surface area contributed by atoms with Gasteiger partial charge in [0, 0.05) is 25.7 Å². The van der Waals surface area contributed by atoms with Gasteiger partial charge < -0.3 is 4.74 Å². The fourth-order valence-electron chi connectivity index (χ4n) is 4.12. The molecule has 2 aromatic rings. The molecule has 0 amide bonds. The molecule has 5 nitrogen and oxygen atoms in total. The molecule has 0 aromatic heterocycles. The Hall–Kier alpha value is -1.99. The zero-order chi connectivity index (χ0) is 20.3. The summed E-state index contributed by atoms with van der Waals surface area (Å²) in [5.41, 5.74) is 4.52. The Bertz CT molecular complexity index is 995. The molecule has 1 heterocycles. The lowest BCUT2D eigenvalue weighted by molar-refractivity contribution is 0.0172. The van der Waals surface area contributed by atoms with E-state index in [4.69, 9.17) is 4.74 Å². The summed E-state index contributed by atoms with van der Waals surface area (Å²) in [5, 5.41) is 0. The van der Waals surface area contributed by atoms with Crippen LogP contribution in [-0.4, -0.2) is 46.2 Å². The molecule has 1 saturated heterocycles. The average Bonchev–Trinajstić information content (AvgIpc) is 2.74. The minimum Gasteiger partial charge on any atom is -0.379 e. The molecule has 2 aliphatic rings. The molecule has 29 heavy (non-hydrogen) atoms. The molecule has 0 bridgehead atoms. The van der Waals surface area contributed by atoms with E-state index in [1.165, 1.54) is 11.1 Å². The van der Waals surface area contributed by atoms with Crippen LogP contribution in [-0.2, 0) is 21.2 Å². The Morgan fingerprint density at radius 3 is 2.66 bits per heavy atom. The lowest BCUT2D eigenvalue weighted by atomic mass is 9.98. The minimum absolute atomic E-state index is 0.00921. The Labute approximate surface area is 173 Å². The van der Waals surface area contributed by atoms with E-state index < -0.39 is 10.0 Å². The van der Waals surface area contributed by atoms with Crippen molar-refractivity contribution in [3.63, 3.8) is 0 Å². The van der Waals surface area contributed by atoms with Crippen LogP contribution in [0.4, 0.5) is 0 Å². The summed E-state index contributed by atoms with van der Waals surface area (Å²) in [7, 11) is -3.52. The highest BCUT2D eigenvalue weighted by molar-refractivity contribution is 7.93. The van der Waals surface area contributed by atoms with Crippen molar-refractivity contribution in [1.29, 1.82) is 0 Å². The molecule has 1 aliphatic carbocycles. The molecule has 0 radical (unpaired) electrons. The second-order valence-electron chi connectivity index (χ2n) is 7.74. The van der Waals surface area contributed by atoms with Crippen molar-refractivity contribution in [3.05, 3.63) is 75.7 Å². The molecule has 1 atom stereocenters. The van der Waals surface area contributed by atoms with Crippen LogP contribution in [0.1, 0.15) is 34.7 Å². The molecule has 1 unspecified atom stereocenters. The third-order valence-electron chi connectivity index (χ3n) is 5.74. The third kappa shape index (κ3) is 4.78. The van der Waals surface area contributed by atoms with E-state index in [1.54, 1.807) is 0 Å². The Morgan fingerprint density at radius 1 is 1.07 bits per heavy atom. The van der Waals surface area contributed by atoms with Crippen molar-refractivity contribution in [2.45, 2.75) is 25.8 Å². The predicted molar refractivity (Wildman–Crippen MR) is 116 cm³/mol. The molecule has 6 heteroatoms. The van der Waals surface area contributed by atoms with Gasteiger partial charge in [-0.25, -0.2) is 13.1 Å². The van der Waals surface area contributed by atoms with Crippen molar-refractivity contribution in [2.24, 2.45) is 0 Å². The normalized spacial score (nSPS) is 18.7. The number of nitrogens with zero attached hydrogens (tertiary/aromatic N) is 1. The van der Waals surface area contributed by atoms with E-state index in [2.05, 4.69) is 40.8 Å². The first kappa shape index (κ1) is 20.3. The van der Waals surface area contributed by atoms with Crippen LogP contribution >= 0.6 is 0 Å². The number of hydrogen-bond acceptors (Lipinski definition) is 4. The Balaban J connectivity index is 1.54. The van der Waals surface area contributed by atoms with E-state index in [9.17, 15) is 8.42 Å². The van der Waals surface area contributed by atoms with Crippen LogP contribution in [0.3, 0.4) is 0 Å². The zero-order valence-electron chi connectivity index (χ0n) is 16.8. The third-order valence-corrected chi connectivity index (χ3v) is 7.30. The molecule has 4 rings (SSSR count). The van der Waals surface area contributed by atoms with Crippen LogP contribution in [0.2, 0.25) is 0 Å². The number of hydrogen-bond donors (Lipinski definition) is 1. The largest absolute Gasteiger partial charge is 0.379 e. The Kier molecular flexibility index (Phi) is 6.15. The van der Waals surface area contributed by atoms with Gasteiger partial charge in [-0.2, -0.15) is 0 Å². The highest BCUT2D eigenvalue weighted by atomic mass is 32.2. The standard InChI is InChI=1S/C23H28N2O3S/c1-18-5-4-8-21(15-18)23(25-11-13-28-14-12-25)17-24-29(26,27)22-10-9-19-6-2-3-7-20(19)16-22/h2-8,15-16,23-24H,9-14,17H2,1H3. The fourth-order valence-corrected chi connectivity index (χ4v) is 5.34. The highest BCUT2D eigenvalue weighted by Crippen LogP contribution is 2.28. The molecule has 1 N–H and O–H groups in total. The summed E-state index contributed by atoms with van der Waals surface area (Å²) < 4.78 is 34.5. The molecular weight excluding hydrogens is 384 g/mol. The lowest BCUT2D eigenvalue weighted by Gasteiger charge is -2.35. The van der Waals surface area contributed by atoms with Crippen molar-refractivity contribution < 1.29 is 13.2 Å². The highest BCUT2D eigenvalue weighted by Gasteiger charge is 2.27. The smallest absolute Gasteiger partial charge is 0.236 e. The van der Waals surface area contributed by atoms with Crippen molar-refractivity contribution in [3.8, 4) is 0 Å². The van der Waals surface area contributed by atoms with E-state index >= 15 is 0 Å². The van der Waals surface area contributed by atoms with Gasteiger partial charge in [-0.1, -0.05) is 54.1 Å². The first-order valence-corrected chi connectivity index (χ1v) is 11.7. The van der Waals surface area contributed by atoms with Crippen LogP contribution in [0.25, 0.3) is 6.08 Å². The van der Waals surface area contributed by atoms with E-state index in [-0.39, 0.29) is 6.04 Å². The summed E-state index contributed by atoms with van der Waals surface area (Å²) in [6.07, 6.45) is 3.12. The van der Waals surface area contributed by atoms with Gasteiger partial charge in [0.05, 0.1) is 18.1 Å². The van der Waals surface area contributed by atoms with Gasteiger partial charge in [-0.05, 0) is 42.5 Å². The molecule has 1 fully saturated rings. The van der Waals surface area contributed by atoms with Gasteiger partial charge in [0.25, 0.3) is 0 Å².